The summed E-state index contributed by atoms with van der Waals surface area (Å²) in [6, 6.07) is 6.15. The molecule has 0 bridgehead atoms. The van der Waals surface area contributed by atoms with Crippen LogP contribution >= 0.6 is 11.3 Å². The molecule has 2 aliphatic rings. The second-order valence-electron chi connectivity index (χ2n) is 10.5. The third kappa shape index (κ3) is 7.75. The molecule has 1 atom stereocenters. The normalized spacial score (nSPS) is 18.5. The first kappa shape index (κ1) is 31.4. The summed E-state index contributed by atoms with van der Waals surface area (Å²) in [7, 11) is -3.67. The number of alkyl halides is 4. The molecular weight excluding hydrogens is 608 g/mol. The van der Waals surface area contributed by atoms with Crippen molar-refractivity contribution in [2.24, 2.45) is 0 Å². The Bertz CT molecular complexity index is 1520. The molecule has 0 aliphatic carbocycles. The maximum absolute atomic E-state index is 13.3. The molecule has 1 aromatic carbocycles. The van der Waals surface area contributed by atoms with Crippen LogP contribution in [0.1, 0.15) is 90.8 Å². The number of hydrogen-bond donors (Lipinski definition) is 2. The molecule has 4 heterocycles. The highest BCUT2D eigenvalue weighted by Crippen LogP contribution is 2.33. The number of likely N-dealkylation sites (tertiary alicyclic amines) is 1. The molecule has 1 unspecified atom stereocenters. The van der Waals surface area contributed by atoms with Gasteiger partial charge in [0.05, 0.1) is 16.5 Å². The smallest absolute Gasteiger partial charge is 0.309 e. The monoisotopic (exact) mass is 642 g/mol. The van der Waals surface area contributed by atoms with E-state index in [-0.39, 0.29) is 17.8 Å². The van der Waals surface area contributed by atoms with Crippen molar-refractivity contribution < 1.29 is 30.2 Å². The molecule has 5 rings (SSSR count). The van der Waals surface area contributed by atoms with Gasteiger partial charge in [0.1, 0.15) is 23.3 Å². The van der Waals surface area contributed by atoms with Crippen LogP contribution in [0.5, 0.6) is 5.75 Å². The Morgan fingerprint density at radius 2 is 1.88 bits per heavy atom. The third-order valence-corrected chi connectivity index (χ3v) is 9.79. The standard InChI is InChI=1S/C28H34F4N6O3S2/c1-2-3-13-43(39,40)41-24-6-4-5-19-15-33-27(34-16-20(19)24)22-17-42-28(35-22)18-7-9-37(10-8-18)11-12-38-23(26(31)32)14-21(36-38)25(29)30/h4-6,11-12,14,17-18,25-27,33-34H,2-3,7-10,13,15-16H2,1H3. The van der Waals surface area contributed by atoms with E-state index in [0.717, 1.165) is 51.8 Å². The molecule has 1 saturated heterocycles. The number of thiazole rings is 1. The second-order valence-corrected chi connectivity index (χ2v) is 13.1. The number of benzene rings is 1. The first-order valence-electron chi connectivity index (χ1n) is 14.2. The SMILES string of the molecule is CCCCS(=O)(=O)Oc1cccc2c1CNC(c1csc(C3CCN(C=Cn4nc(C(F)F)cc4C(F)F)CC3)n1)NC2. The van der Waals surface area contributed by atoms with Crippen molar-refractivity contribution in [3.05, 3.63) is 69.1 Å². The van der Waals surface area contributed by atoms with E-state index in [1.807, 2.05) is 23.3 Å². The molecule has 1 fully saturated rings. The molecule has 2 aliphatic heterocycles. The molecule has 0 spiro atoms. The van der Waals surface area contributed by atoms with E-state index in [1.165, 1.54) is 6.20 Å². The van der Waals surface area contributed by atoms with E-state index < -0.39 is 34.4 Å². The Morgan fingerprint density at radius 1 is 1.12 bits per heavy atom. The summed E-state index contributed by atoms with van der Waals surface area (Å²) in [6.07, 6.45) is -0.264. The van der Waals surface area contributed by atoms with E-state index in [2.05, 4.69) is 15.7 Å². The predicted molar refractivity (Wildman–Crippen MR) is 155 cm³/mol. The predicted octanol–water partition coefficient (Wildman–Crippen LogP) is 5.92. The van der Waals surface area contributed by atoms with Gasteiger partial charge in [0.2, 0.25) is 0 Å². The van der Waals surface area contributed by atoms with Crippen LogP contribution in [0.15, 0.2) is 35.8 Å². The first-order valence-corrected chi connectivity index (χ1v) is 16.6. The zero-order valence-corrected chi connectivity index (χ0v) is 25.2. The van der Waals surface area contributed by atoms with Gasteiger partial charge in [0.15, 0.2) is 0 Å². The molecule has 2 N–H and O–H groups in total. The number of aromatic nitrogens is 3. The maximum Gasteiger partial charge on any atom is 0.309 e. The molecule has 15 heteroatoms. The summed E-state index contributed by atoms with van der Waals surface area (Å²) >= 11 is 1.58. The highest BCUT2D eigenvalue weighted by Gasteiger charge is 2.26. The van der Waals surface area contributed by atoms with Gasteiger partial charge in [-0.25, -0.2) is 27.2 Å². The van der Waals surface area contributed by atoms with Crippen LogP contribution in [0.25, 0.3) is 6.20 Å². The molecule has 3 aromatic rings. The number of halogens is 4. The number of hydrogen-bond acceptors (Lipinski definition) is 9. The van der Waals surface area contributed by atoms with Gasteiger partial charge in [0.25, 0.3) is 12.9 Å². The van der Waals surface area contributed by atoms with Crippen molar-refractivity contribution in [2.45, 2.75) is 70.6 Å². The summed E-state index contributed by atoms with van der Waals surface area (Å²) in [6.45, 7) is 4.16. The fraction of sp³-hybridized carbons (Fsp3) is 0.500. The number of rotatable bonds is 11. The van der Waals surface area contributed by atoms with Gasteiger partial charge in [-0.3, -0.25) is 10.6 Å². The fourth-order valence-corrected chi connectivity index (χ4v) is 7.32. The summed E-state index contributed by atoms with van der Waals surface area (Å²) < 4.78 is 83.5. The lowest BCUT2D eigenvalue weighted by Gasteiger charge is -2.30. The zero-order chi connectivity index (χ0) is 30.6. The fourth-order valence-electron chi connectivity index (χ4n) is 5.14. The quantitative estimate of drug-likeness (QED) is 0.196. The highest BCUT2D eigenvalue weighted by atomic mass is 32.2. The minimum absolute atomic E-state index is 0.0234. The van der Waals surface area contributed by atoms with Crippen molar-refractivity contribution in [3.63, 3.8) is 0 Å². The summed E-state index contributed by atoms with van der Waals surface area (Å²) in [4.78, 5) is 6.86. The lowest BCUT2D eigenvalue weighted by molar-refractivity contribution is 0.143. The lowest BCUT2D eigenvalue weighted by Crippen LogP contribution is -2.31. The van der Waals surface area contributed by atoms with E-state index in [4.69, 9.17) is 9.17 Å². The summed E-state index contributed by atoms with van der Waals surface area (Å²) in [5, 5.41) is 13.5. The highest BCUT2D eigenvalue weighted by molar-refractivity contribution is 7.87. The summed E-state index contributed by atoms with van der Waals surface area (Å²) in [5.74, 6) is 0.548. The minimum atomic E-state index is -3.67. The molecule has 2 aromatic heterocycles. The van der Waals surface area contributed by atoms with Gasteiger partial charge in [-0.1, -0.05) is 25.5 Å². The van der Waals surface area contributed by atoms with Crippen molar-refractivity contribution in [1.82, 2.24) is 30.3 Å². The average molecular weight is 643 g/mol. The zero-order valence-electron chi connectivity index (χ0n) is 23.6. The Morgan fingerprint density at radius 3 is 2.60 bits per heavy atom. The van der Waals surface area contributed by atoms with Gasteiger partial charge in [-0.2, -0.15) is 13.5 Å². The molecular formula is C28H34F4N6O3S2. The van der Waals surface area contributed by atoms with Crippen LogP contribution in [-0.2, 0) is 23.2 Å². The number of fused-ring (bicyclic) bond motifs is 1. The van der Waals surface area contributed by atoms with Crippen LogP contribution in [-0.4, -0.2) is 46.9 Å². The summed E-state index contributed by atoms with van der Waals surface area (Å²) in [5.41, 5.74) is 1.36. The van der Waals surface area contributed by atoms with Crippen LogP contribution in [0.4, 0.5) is 17.6 Å². The van der Waals surface area contributed by atoms with Crippen molar-refractivity contribution in [2.75, 3.05) is 18.8 Å². The van der Waals surface area contributed by atoms with Crippen LogP contribution in [0.3, 0.4) is 0 Å². The molecule has 0 amide bonds. The Kier molecular flexibility index (Phi) is 10.0. The molecule has 43 heavy (non-hydrogen) atoms. The van der Waals surface area contributed by atoms with Crippen LogP contribution in [0, 0.1) is 0 Å². The van der Waals surface area contributed by atoms with Gasteiger partial charge in [0, 0.05) is 55.4 Å². The van der Waals surface area contributed by atoms with Crippen molar-refractivity contribution in [3.8, 4) is 5.75 Å². The lowest BCUT2D eigenvalue weighted by atomic mass is 9.98. The Hall–Kier alpha value is -3.01. The largest absolute Gasteiger partial charge is 0.382 e. The van der Waals surface area contributed by atoms with Crippen molar-refractivity contribution >= 4 is 27.7 Å². The minimum Gasteiger partial charge on any atom is -0.382 e. The van der Waals surface area contributed by atoms with E-state index in [1.54, 1.807) is 29.7 Å². The third-order valence-electron chi connectivity index (χ3n) is 7.54. The topological polar surface area (TPSA) is 101 Å². The molecule has 0 saturated carbocycles. The molecule has 9 nitrogen and oxygen atoms in total. The maximum atomic E-state index is 13.3. The number of nitrogens with one attached hydrogen (secondary N) is 2. The Balaban J connectivity index is 1.18. The second kappa shape index (κ2) is 13.7. The van der Waals surface area contributed by atoms with Gasteiger partial charge in [-0.15, -0.1) is 11.3 Å². The van der Waals surface area contributed by atoms with Crippen LogP contribution in [0.2, 0.25) is 0 Å². The van der Waals surface area contributed by atoms with E-state index in [9.17, 15) is 26.0 Å². The first-order chi connectivity index (χ1) is 20.6. The van der Waals surface area contributed by atoms with E-state index >= 15 is 0 Å². The average Bonchev–Trinajstić information content (AvgIpc) is 3.59. The van der Waals surface area contributed by atoms with Gasteiger partial charge in [-0.05, 0) is 37.0 Å². The number of piperidine rings is 1. The molecule has 0 radical (unpaired) electrons. The number of nitrogens with zero attached hydrogens (tertiary/aromatic N) is 4. The van der Waals surface area contributed by atoms with Crippen LogP contribution < -0.4 is 14.8 Å². The molecule has 234 valence electrons. The number of unbranched alkanes of at least 4 members (excludes halogenated alkanes) is 1. The van der Waals surface area contributed by atoms with Gasteiger partial charge >= 0.3 is 10.1 Å². The van der Waals surface area contributed by atoms with Gasteiger partial charge < -0.3 is 9.08 Å². The Labute approximate surface area is 252 Å². The van der Waals surface area contributed by atoms with Crippen molar-refractivity contribution in [1.29, 1.82) is 0 Å². The van der Waals surface area contributed by atoms with E-state index in [0.29, 0.717) is 38.3 Å².